The van der Waals surface area contributed by atoms with Crippen molar-refractivity contribution in [1.29, 1.82) is 0 Å². The number of hydrogen-bond donors (Lipinski definition) is 0. The Labute approximate surface area is 115 Å². The van der Waals surface area contributed by atoms with Gasteiger partial charge in [0.15, 0.2) is 0 Å². The molecule has 19 heavy (non-hydrogen) atoms. The van der Waals surface area contributed by atoms with E-state index in [9.17, 15) is 13.2 Å². The average Bonchev–Trinajstić information content (AvgIpc) is 2.27. The highest BCUT2D eigenvalue weighted by molar-refractivity contribution is 6.31. The SMILES string of the molecule is FC(F)(F)N(c1ccccc1)c1nc(Cl)nc(Cl)n1. The van der Waals surface area contributed by atoms with Gasteiger partial charge in [-0.1, -0.05) is 18.2 Å². The molecule has 0 aliphatic carbocycles. The minimum Gasteiger partial charge on any atom is -0.220 e. The first-order valence-electron chi connectivity index (χ1n) is 4.87. The molecule has 0 amide bonds. The summed E-state index contributed by atoms with van der Waals surface area (Å²) in [5.74, 6) is -0.691. The van der Waals surface area contributed by atoms with E-state index in [-0.39, 0.29) is 10.6 Å². The zero-order valence-corrected chi connectivity index (χ0v) is 10.6. The molecule has 4 nitrogen and oxygen atoms in total. The molecule has 0 fully saturated rings. The van der Waals surface area contributed by atoms with Gasteiger partial charge >= 0.3 is 6.30 Å². The smallest absolute Gasteiger partial charge is 0.220 e. The lowest BCUT2D eigenvalue weighted by atomic mass is 10.3. The molecule has 100 valence electrons. The monoisotopic (exact) mass is 308 g/mol. The fourth-order valence-electron chi connectivity index (χ4n) is 1.37. The molecular formula is C10H5Cl2F3N4. The van der Waals surface area contributed by atoms with Gasteiger partial charge in [0.25, 0.3) is 0 Å². The van der Waals surface area contributed by atoms with Crippen LogP contribution in [0.1, 0.15) is 0 Å². The summed E-state index contributed by atoms with van der Waals surface area (Å²) >= 11 is 11.0. The summed E-state index contributed by atoms with van der Waals surface area (Å²) in [6, 6.07) is 7.03. The molecule has 0 bridgehead atoms. The molecule has 0 aliphatic heterocycles. The zero-order chi connectivity index (χ0) is 14.0. The summed E-state index contributed by atoms with van der Waals surface area (Å²) < 4.78 is 39.3. The molecule has 1 aromatic carbocycles. The predicted molar refractivity (Wildman–Crippen MR) is 64.5 cm³/mol. The summed E-state index contributed by atoms with van der Waals surface area (Å²) in [5, 5.41) is -0.833. The van der Waals surface area contributed by atoms with E-state index in [1.165, 1.54) is 24.3 Å². The molecule has 0 saturated carbocycles. The Kier molecular flexibility index (Phi) is 3.77. The Balaban J connectivity index is 2.56. The lowest BCUT2D eigenvalue weighted by Crippen LogP contribution is -2.35. The van der Waals surface area contributed by atoms with Crippen LogP contribution < -0.4 is 4.90 Å². The molecule has 2 rings (SSSR count). The highest BCUT2D eigenvalue weighted by atomic mass is 35.5. The summed E-state index contributed by atoms with van der Waals surface area (Å²) in [7, 11) is 0. The van der Waals surface area contributed by atoms with E-state index in [1.807, 2.05) is 0 Å². The lowest BCUT2D eigenvalue weighted by Gasteiger charge is -2.24. The Hall–Kier alpha value is -1.60. The third-order valence-corrected chi connectivity index (χ3v) is 2.38. The van der Waals surface area contributed by atoms with Gasteiger partial charge in [-0.2, -0.15) is 15.0 Å². The summed E-state index contributed by atoms with van der Waals surface area (Å²) in [6.07, 6.45) is -4.73. The molecule has 9 heteroatoms. The maximum absolute atomic E-state index is 13.1. The first-order valence-corrected chi connectivity index (χ1v) is 5.62. The molecule has 0 spiro atoms. The molecule has 1 aromatic heterocycles. The number of anilines is 2. The van der Waals surface area contributed by atoms with Crippen molar-refractivity contribution in [3.63, 3.8) is 0 Å². The van der Waals surface area contributed by atoms with Gasteiger partial charge in [0.1, 0.15) is 0 Å². The molecule has 1 heterocycles. The molecular weight excluding hydrogens is 304 g/mol. The van der Waals surface area contributed by atoms with Crippen molar-refractivity contribution < 1.29 is 13.2 Å². The largest absolute Gasteiger partial charge is 0.491 e. The molecule has 0 radical (unpaired) electrons. The van der Waals surface area contributed by atoms with Crippen molar-refractivity contribution in [3.05, 3.63) is 40.9 Å². The second-order valence-corrected chi connectivity index (χ2v) is 3.99. The minimum atomic E-state index is -4.73. The van der Waals surface area contributed by atoms with Gasteiger partial charge < -0.3 is 0 Å². The zero-order valence-electron chi connectivity index (χ0n) is 9.07. The summed E-state index contributed by atoms with van der Waals surface area (Å²) in [6.45, 7) is 0. The number of nitrogens with zero attached hydrogens (tertiary/aromatic N) is 4. The number of hydrogen-bond acceptors (Lipinski definition) is 4. The van der Waals surface area contributed by atoms with Crippen LogP contribution in [0, 0.1) is 0 Å². The maximum Gasteiger partial charge on any atom is 0.491 e. The standard InChI is InChI=1S/C10H5Cl2F3N4/c11-7-16-8(12)18-9(17-7)19(10(13,14)15)6-4-2-1-3-5-6/h1-5H. The normalized spacial score (nSPS) is 11.4. The van der Waals surface area contributed by atoms with E-state index in [0.717, 1.165) is 0 Å². The van der Waals surface area contributed by atoms with E-state index >= 15 is 0 Å². The number of para-hydroxylation sites is 1. The van der Waals surface area contributed by atoms with Gasteiger partial charge in [-0.05, 0) is 35.3 Å². The predicted octanol–water partition coefficient (Wildman–Crippen LogP) is 3.84. The summed E-state index contributed by atoms with van der Waals surface area (Å²) in [4.78, 5) is 10.3. The minimum absolute atomic E-state index is 0.0353. The van der Waals surface area contributed by atoms with Gasteiger partial charge in [-0.25, -0.2) is 4.90 Å². The molecule has 0 atom stereocenters. The third kappa shape index (κ3) is 3.24. The van der Waals surface area contributed by atoms with Crippen LogP contribution in [0.3, 0.4) is 0 Å². The van der Waals surface area contributed by atoms with Crippen LogP contribution in [0.4, 0.5) is 24.8 Å². The van der Waals surface area contributed by atoms with Gasteiger partial charge in [-0.15, -0.1) is 13.2 Å². The van der Waals surface area contributed by atoms with Crippen molar-refractivity contribution in [1.82, 2.24) is 15.0 Å². The van der Waals surface area contributed by atoms with Crippen LogP contribution in [0.5, 0.6) is 0 Å². The third-order valence-electron chi connectivity index (χ3n) is 2.04. The van der Waals surface area contributed by atoms with Crippen molar-refractivity contribution in [2.45, 2.75) is 6.30 Å². The first kappa shape index (κ1) is 13.8. The Morgan fingerprint density at radius 2 is 1.42 bits per heavy atom. The second-order valence-electron chi connectivity index (χ2n) is 3.31. The molecule has 0 saturated heterocycles. The molecule has 2 aromatic rings. The number of benzene rings is 1. The van der Waals surface area contributed by atoms with Crippen LogP contribution in [-0.4, -0.2) is 21.3 Å². The molecule has 0 aliphatic rings. The van der Waals surface area contributed by atoms with Crippen LogP contribution in [0.25, 0.3) is 0 Å². The molecule has 0 unspecified atom stereocenters. The first-order chi connectivity index (χ1) is 8.88. The van der Waals surface area contributed by atoms with E-state index in [4.69, 9.17) is 23.2 Å². The van der Waals surface area contributed by atoms with Crippen LogP contribution in [0.15, 0.2) is 30.3 Å². The number of aromatic nitrogens is 3. The Bertz CT molecular complexity index is 556. The van der Waals surface area contributed by atoms with Gasteiger partial charge in [0.2, 0.25) is 16.5 Å². The van der Waals surface area contributed by atoms with Crippen LogP contribution in [-0.2, 0) is 0 Å². The average molecular weight is 309 g/mol. The highest BCUT2D eigenvalue weighted by Gasteiger charge is 2.41. The second kappa shape index (κ2) is 5.18. The highest BCUT2D eigenvalue weighted by Crippen LogP contribution is 2.34. The number of alkyl halides is 3. The van der Waals surface area contributed by atoms with Gasteiger partial charge in [0, 0.05) is 0 Å². The van der Waals surface area contributed by atoms with E-state index in [2.05, 4.69) is 15.0 Å². The number of rotatable bonds is 2. The maximum atomic E-state index is 13.1. The lowest BCUT2D eigenvalue weighted by molar-refractivity contribution is -0.121. The number of halogens is 5. The fourth-order valence-corrected chi connectivity index (χ4v) is 1.72. The van der Waals surface area contributed by atoms with Crippen molar-refractivity contribution in [2.24, 2.45) is 0 Å². The van der Waals surface area contributed by atoms with E-state index in [0.29, 0.717) is 0 Å². The fraction of sp³-hybridized carbons (Fsp3) is 0.100. The quantitative estimate of drug-likeness (QED) is 0.791. The Morgan fingerprint density at radius 3 is 1.89 bits per heavy atom. The van der Waals surface area contributed by atoms with Crippen molar-refractivity contribution in [2.75, 3.05) is 4.90 Å². The Morgan fingerprint density at radius 1 is 0.895 bits per heavy atom. The van der Waals surface area contributed by atoms with E-state index in [1.54, 1.807) is 6.07 Å². The van der Waals surface area contributed by atoms with Gasteiger partial charge in [-0.3, -0.25) is 0 Å². The van der Waals surface area contributed by atoms with Gasteiger partial charge in [0.05, 0.1) is 5.69 Å². The van der Waals surface area contributed by atoms with Crippen LogP contribution in [0.2, 0.25) is 10.6 Å². The van der Waals surface area contributed by atoms with Crippen LogP contribution >= 0.6 is 23.2 Å². The molecule has 0 N–H and O–H groups in total. The van der Waals surface area contributed by atoms with Crippen molar-refractivity contribution >= 4 is 34.8 Å². The van der Waals surface area contributed by atoms with Crippen molar-refractivity contribution in [3.8, 4) is 0 Å². The van der Waals surface area contributed by atoms with E-state index < -0.39 is 22.8 Å². The topological polar surface area (TPSA) is 41.9 Å². The summed E-state index contributed by atoms with van der Waals surface area (Å²) in [5.41, 5.74) is -0.159.